The van der Waals surface area contributed by atoms with Crippen molar-refractivity contribution in [2.45, 2.75) is 228 Å². The highest BCUT2D eigenvalue weighted by Gasteiger charge is 2.39. The van der Waals surface area contributed by atoms with E-state index in [1.807, 2.05) is 62.4 Å². The van der Waals surface area contributed by atoms with Crippen molar-refractivity contribution in [1.29, 1.82) is 0 Å². The maximum absolute atomic E-state index is 15.3. The molecule has 0 heterocycles. The Morgan fingerprint density at radius 1 is 0.346 bits per heavy atom. The number of hydrogen-bond acceptors (Lipinski definition) is 8. The first-order chi connectivity index (χ1) is 37.0. The molecule has 0 spiro atoms. The van der Waals surface area contributed by atoms with Gasteiger partial charge in [-0.1, -0.05) is 225 Å². The van der Waals surface area contributed by atoms with Crippen LogP contribution in [0.2, 0.25) is 0 Å². The topological polar surface area (TPSA) is 134 Å². The van der Waals surface area contributed by atoms with Crippen LogP contribution in [-0.4, -0.2) is 32.4 Å². The van der Waals surface area contributed by atoms with E-state index in [4.69, 9.17) is 9.47 Å². The molecule has 6 aromatic carbocycles. The van der Waals surface area contributed by atoms with Gasteiger partial charge < -0.3 is 29.9 Å². The van der Waals surface area contributed by atoms with Crippen LogP contribution in [-0.2, 0) is 72.2 Å². The molecule has 0 aromatic heterocycles. The average molecular weight is 1100 g/mol. The highest BCUT2D eigenvalue weighted by atomic mass is 16.5. The molecule has 8 heteroatoms. The number of carbonyl (C=O) groups is 2. The Labute approximate surface area is 486 Å². The monoisotopic (exact) mass is 1100 g/mol. The summed E-state index contributed by atoms with van der Waals surface area (Å²) >= 11 is 0. The molecular weight excluding hydrogens is 1000 g/mol. The Balaban J connectivity index is 1.54. The summed E-state index contributed by atoms with van der Waals surface area (Å²) in [5, 5.41) is 44.8. The van der Waals surface area contributed by atoms with Gasteiger partial charge in [0.2, 0.25) is 0 Å². The number of phenols is 4. The molecule has 0 aliphatic heterocycles. The van der Waals surface area contributed by atoms with Crippen molar-refractivity contribution < 1.29 is 39.5 Å². The van der Waals surface area contributed by atoms with E-state index < -0.39 is 55.3 Å². The van der Waals surface area contributed by atoms with Gasteiger partial charge in [-0.05, 0) is 136 Å². The number of phenolic OH excluding ortho intramolecular Hbond substituents is 4. The van der Waals surface area contributed by atoms with Crippen molar-refractivity contribution in [3.63, 3.8) is 0 Å². The van der Waals surface area contributed by atoms with Crippen molar-refractivity contribution in [2.75, 3.05) is 0 Å². The van der Waals surface area contributed by atoms with Crippen LogP contribution >= 0.6 is 0 Å². The molecule has 0 amide bonds. The molecule has 0 saturated heterocycles. The Bertz CT molecular complexity index is 2960. The third kappa shape index (κ3) is 14.0. The highest BCUT2D eigenvalue weighted by Crippen LogP contribution is 2.48. The second kappa shape index (κ2) is 22.7. The third-order valence-electron chi connectivity index (χ3n) is 16.5. The summed E-state index contributed by atoms with van der Waals surface area (Å²) in [5.41, 5.74) is 7.14. The molecule has 6 rings (SSSR count). The number of hydrogen-bond donors (Lipinski definition) is 4. The summed E-state index contributed by atoms with van der Waals surface area (Å²) in [4.78, 5) is 30.7. The lowest BCUT2D eigenvalue weighted by Crippen LogP contribution is -2.31. The van der Waals surface area contributed by atoms with Crippen LogP contribution in [0.1, 0.15) is 243 Å². The first-order valence-electron chi connectivity index (χ1n) is 29.1. The first-order valence-corrected chi connectivity index (χ1v) is 29.1. The van der Waals surface area contributed by atoms with E-state index in [1.54, 1.807) is 24.3 Å². The molecule has 436 valence electrons. The molecule has 0 radical (unpaired) electrons. The fraction of sp³-hybridized carbons (Fsp3) is 0.479. The maximum Gasteiger partial charge on any atom is 0.312 e. The molecule has 81 heavy (non-hydrogen) atoms. The van der Waals surface area contributed by atoms with Crippen molar-refractivity contribution >= 4 is 11.9 Å². The van der Waals surface area contributed by atoms with Gasteiger partial charge in [0.1, 0.15) is 34.5 Å². The molecule has 0 bridgehead atoms. The van der Waals surface area contributed by atoms with E-state index in [0.717, 1.165) is 90.7 Å². The van der Waals surface area contributed by atoms with Gasteiger partial charge in [-0.3, -0.25) is 9.59 Å². The number of esters is 2. The number of carbonyl (C=O) groups excluding carboxylic acids is 2. The van der Waals surface area contributed by atoms with Crippen LogP contribution in [0.25, 0.3) is 0 Å². The zero-order chi connectivity index (χ0) is 61.0. The van der Waals surface area contributed by atoms with Gasteiger partial charge in [0.25, 0.3) is 0 Å². The van der Waals surface area contributed by atoms with Crippen molar-refractivity contribution in [2.24, 2.45) is 0 Å². The normalized spacial score (nSPS) is 13.1. The van der Waals surface area contributed by atoms with E-state index >= 15 is 9.59 Å². The quantitative estimate of drug-likeness (QED) is 0.0626. The van der Waals surface area contributed by atoms with Crippen molar-refractivity contribution in [1.82, 2.24) is 0 Å². The van der Waals surface area contributed by atoms with Gasteiger partial charge in [-0.25, -0.2) is 0 Å². The van der Waals surface area contributed by atoms with Crippen LogP contribution < -0.4 is 9.47 Å². The van der Waals surface area contributed by atoms with Gasteiger partial charge in [0, 0.05) is 28.4 Å². The highest BCUT2D eigenvalue weighted by molar-refractivity contribution is 5.78. The summed E-state index contributed by atoms with van der Waals surface area (Å²) in [6.45, 7) is 45.7. The van der Waals surface area contributed by atoms with Crippen LogP contribution in [0, 0.1) is 0 Å². The van der Waals surface area contributed by atoms with E-state index in [2.05, 4.69) is 163 Å². The van der Waals surface area contributed by atoms with Gasteiger partial charge in [-0.2, -0.15) is 0 Å². The Hall–Kier alpha value is -6.54. The Morgan fingerprint density at radius 2 is 0.580 bits per heavy atom. The van der Waals surface area contributed by atoms with Gasteiger partial charge >= 0.3 is 11.9 Å². The number of aryl methyl sites for hydroxylation is 2. The average Bonchev–Trinajstić information content (AvgIpc) is 3.32. The minimum absolute atomic E-state index is 0.0774. The summed E-state index contributed by atoms with van der Waals surface area (Å²) in [7, 11) is 0. The molecule has 6 aromatic rings. The van der Waals surface area contributed by atoms with E-state index in [-0.39, 0.29) is 42.3 Å². The zero-order valence-electron chi connectivity index (χ0n) is 53.2. The lowest BCUT2D eigenvalue weighted by Gasteiger charge is -2.34. The van der Waals surface area contributed by atoms with E-state index in [0.29, 0.717) is 11.5 Å². The summed E-state index contributed by atoms with van der Waals surface area (Å²) in [5.74, 6) is 0.700. The fourth-order valence-electron chi connectivity index (χ4n) is 11.3. The Kier molecular flexibility index (Phi) is 17.8. The number of benzene rings is 6. The summed E-state index contributed by atoms with van der Waals surface area (Å²) in [6, 6.07) is 30.8. The largest absolute Gasteiger partial charge is 0.508 e. The minimum Gasteiger partial charge on any atom is -0.508 e. The van der Waals surface area contributed by atoms with Gasteiger partial charge in [0.05, 0.1) is 12.8 Å². The van der Waals surface area contributed by atoms with Gasteiger partial charge in [-0.15, -0.1) is 0 Å². The van der Waals surface area contributed by atoms with Crippen molar-refractivity contribution in [3.8, 4) is 34.5 Å². The van der Waals surface area contributed by atoms with Crippen LogP contribution in [0.15, 0.2) is 97.1 Å². The molecule has 0 unspecified atom stereocenters. The predicted molar refractivity (Wildman–Crippen MR) is 332 cm³/mol. The van der Waals surface area contributed by atoms with E-state index in [1.165, 1.54) is 0 Å². The van der Waals surface area contributed by atoms with Crippen LogP contribution in [0.5, 0.6) is 34.5 Å². The fourth-order valence-corrected chi connectivity index (χ4v) is 11.3. The zero-order valence-corrected chi connectivity index (χ0v) is 53.2. The minimum atomic E-state index is -0.986. The molecule has 0 aliphatic carbocycles. The van der Waals surface area contributed by atoms with Crippen LogP contribution in [0.4, 0.5) is 0 Å². The second-order valence-electron chi connectivity index (χ2n) is 29.5. The SMILES string of the molecule is CCc1cc(Cc2cc(CC)cc(C(C)(C)C)c2OC(=O)CC(C)(c2ccc(O)c(C(C)(C)C)c2)c2ccc(O)c(C(C)(C)C)c2)c(OC(=O)CC(C)(c2ccc(O)c(C(C)(C)C)c2)c2ccc(O)c(C(C)(C)C)c2)c(C(C)(C)C)c1. The molecule has 4 N–H and O–H groups in total. The lowest BCUT2D eigenvalue weighted by molar-refractivity contribution is -0.136. The molecule has 0 saturated carbocycles. The molecular formula is C73H96O8. The molecule has 8 nitrogen and oxygen atoms in total. The number of ether oxygens (including phenoxy) is 2. The predicted octanol–water partition coefficient (Wildman–Crippen LogP) is 17.6. The number of rotatable bonds is 14. The molecule has 0 aliphatic rings. The molecule has 0 fully saturated rings. The van der Waals surface area contributed by atoms with E-state index in [9.17, 15) is 20.4 Å². The maximum atomic E-state index is 15.3. The standard InChI is InChI=1S/C73H96O8/c1-23-44-33-46(64(56(35-44)70(15,16)17)80-62(78)42-72(21,48-25-29-58(74)52(38-48)66(3,4)5)49-26-30-59(75)53(39-49)67(6,7)8)37-47-34-45(24-2)36-57(71(18,19)20)65(47)81-63(79)43-73(22,50-27-31-60(76)54(40-50)68(9,10)11)51-28-32-61(77)55(41-51)69(12,13)14/h25-36,38-41,74-77H,23-24,37,42-43H2,1-22H3. The summed E-state index contributed by atoms with van der Waals surface area (Å²) < 4.78 is 13.8. The van der Waals surface area contributed by atoms with Gasteiger partial charge in [0.15, 0.2) is 0 Å². The second-order valence-corrected chi connectivity index (χ2v) is 29.5. The smallest absolute Gasteiger partial charge is 0.312 e. The van der Waals surface area contributed by atoms with Crippen LogP contribution in [0.3, 0.4) is 0 Å². The lowest BCUT2D eigenvalue weighted by atomic mass is 9.70. The Morgan fingerprint density at radius 3 is 0.790 bits per heavy atom. The molecule has 0 atom stereocenters. The summed E-state index contributed by atoms with van der Waals surface area (Å²) in [6.07, 6.45) is 1.56. The number of aromatic hydroxyl groups is 4. The first kappa shape index (κ1) is 63.6. The third-order valence-corrected chi connectivity index (χ3v) is 16.5. The van der Waals surface area contributed by atoms with Crippen molar-refractivity contribution in [3.05, 3.63) is 175 Å².